The van der Waals surface area contributed by atoms with E-state index in [0.717, 1.165) is 30.8 Å². The van der Waals surface area contributed by atoms with Gasteiger partial charge in [0.05, 0.1) is 28.4 Å². The van der Waals surface area contributed by atoms with E-state index in [4.69, 9.17) is 15.2 Å². The summed E-state index contributed by atoms with van der Waals surface area (Å²) in [5.41, 5.74) is 13.1. The summed E-state index contributed by atoms with van der Waals surface area (Å²) in [7, 11) is 1.72. The molecule has 1 saturated carbocycles. The minimum absolute atomic E-state index is 0.366. The zero-order chi connectivity index (χ0) is 23.8. The molecule has 0 saturated heterocycles. The summed E-state index contributed by atoms with van der Waals surface area (Å²) in [5, 5.41) is 12.2. The largest absolute Gasteiger partial charge is 0.497 e. The Morgan fingerprint density at radius 2 is 1.70 bits per heavy atom. The van der Waals surface area contributed by atoms with E-state index in [1.165, 1.54) is 33.0 Å². The third kappa shape index (κ3) is 4.81. The lowest BCUT2D eigenvalue weighted by Crippen LogP contribution is -2.45. The monoisotopic (exact) mass is 463 g/mol. The summed E-state index contributed by atoms with van der Waals surface area (Å²) >= 11 is 0. The van der Waals surface area contributed by atoms with Crippen molar-refractivity contribution in [1.82, 2.24) is 0 Å². The summed E-state index contributed by atoms with van der Waals surface area (Å²) in [4.78, 5) is 0. The van der Waals surface area contributed by atoms with E-state index in [2.05, 4.69) is 43.9 Å². The molecule has 33 heavy (non-hydrogen) atoms. The van der Waals surface area contributed by atoms with Crippen LogP contribution in [-0.2, 0) is 6.42 Å². The van der Waals surface area contributed by atoms with E-state index in [1.54, 1.807) is 14.2 Å². The lowest BCUT2D eigenvalue weighted by atomic mass is 9.75. The molecule has 2 aromatic carbocycles. The normalized spacial score (nSPS) is 23.1. The number of nitrogens with two attached hydrogens (primary N) is 1. The number of allylic oxidation sites excluding steroid dienone is 2. The van der Waals surface area contributed by atoms with Crippen LogP contribution < -0.4 is 15.2 Å². The molecule has 0 radical (unpaired) electrons. The van der Waals surface area contributed by atoms with Crippen LogP contribution in [-0.4, -0.2) is 39.0 Å². The Hall–Kier alpha value is -2.34. The molecule has 0 spiro atoms. The zero-order valence-corrected chi connectivity index (χ0v) is 21.6. The topological polar surface area (TPSA) is 64.7 Å². The molecule has 0 aromatic heterocycles. The molecule has 4 rings (SSSR count). The highest BCUT2D eigenvalue weighted by Crippen LogP contribution is 2.51. The molecular weight excluding hydrogens is 426 g/mol. The summed E-state index contributed by atoms with van der Waals surface area (Å²) in [6.45, 7) is 7.22. The fourth-order valence-corrected chi connectivity index (χ4v) is 7.40. The first kappa shape index (κ1) is 23.8. The number of aliphatic hydroxyl groups is 1. The van der Waals surface area contributed by atoms with Crippen molar-refractivity contribution < 1.29 is 14.6 Å². The van der Waals surface area contributed by atoms with Crippen LogP contribution in [0.4, 0.5) is 0 Å². The lowest BCUT2D eigenvalue weighted by molar-refractivity contribution is 0.174. The SMILES string of the molecule is COc1ccc(C2=C([Si](C)(C)C)C[C@@]3(N)C[C@@H](O)CC3=C2CCc2cccc(OC)c2)cc1. The maximum atomic E-state index is 10.7. The molecule has 0 unspecified atom stereocenters. The highest BCUT2D eigenvalue weighted by atomic mass is 28.3. The molecule has 2 aliphatic carbocycles. The second-order valence-corrected chi connectivity index (χ2v) is 15.6. The van der Waals surface area contributed by atoms with Crippen molar-refractivity contribution in [3.63, 3.8) is 0 Å². The first-order valence-corrected chi connectivity index (χ1v) is 15.4. The number of aliphatic hydroxyl groups excluding tert-OH is 1. The molecular formula is C28H37NO3Si. The number of benzene rings is 2. The van der Waals surface area contributed by atoms with Gasteiger partial charge in [-0.3, -0.25) is 0 Å². The molecule has 176 valence electrons. The number of ether oxygens (including phenoxy) is 2. The van der Waals surface area contributed by atoms with Crippen molar-refractivity contribution in [1.29, 1.82) is 0 Å². The summed E-state index contributed by atoms with van der Waals surface area (Å²) in [6, 6.07) is 16.7. The number of hydrogen-bond donors (Lipinski definition) is 2. The van der Waals surface area contributed by atoms with Crippen LogP contribution in [0.5, 0.6) is 11.5 Å². The average molecular weight is 464 g/mol. The van der Waals surface area contributed by atoms with Gasteiger partial charge >= 0.3 is 0 Å². The Morgan fingerprint density at radius 1 is 1.00 bits per heavy atom. The van der Waals surface area contributed by atoms with Gasteiger partial charge in [0.1, 0.15) is 11.5 Å². The van der Waals surface area contributed by atoms with Gasteiger partial charge in [0.25, 0.3) is 0 Å². The number of hydrogen-bond acceptors (Lipinski definition) is 4. The van der Waals surface area contributed by atoms with E-state index in [9.17, 15) is 5.11 Å². The highest BCUT2D eigenvalue weighted by molar-refractivity contribution is 6.84. The number of fused-ring (bicyclic) bond motifs is 1. The maximum Gasteiger partial charge on any atom is 0.119 e. The van der Waals surface area contributed by atoms with Gasteiger partial charge in [0, 0.05) is 5.54 Å². The third-order valence-electron chi connectivity index (χ3n) is 7.18. The standard InChI is InChI=1S/C28H37NO3Si/c1-31-22-12-10-20(11-13-22)27-24(14-9-19-7-6-8-23(15-19)32-2)25-16-21(30)17-28(25,29)18-26(27)33(3,4)5/h6-8,10-13,15,21,30H,9,14,16-18,29H2,1-5H3/t21-,28-/m0/s1. The van der Waals surface area contributed by atoms with Gasteiger partial charge in [-0.25, -0.2) is 0 Å². The smallest absolute Gasteiger partial charge is 0.119 e. The predicted octanol–water partition coefficient (Wildman–Crippen LogP) is 5.52. The number of methoxy groups -OCH3 is 2. The second-order valence-electron chi connectivity index (χ2n) is 10.5. The summed E-state index contributed by atoms with van der Waals surface area (Å²) < 4.78 is 10.9. The zero-order valence-electron chi connectivity index (χ0n) is 20.6. The van der Waals surface area contributed by atoms with Crippen molar-refractivity contribution in [2.45, 2.75) is 63.4 Å². The van der Waals surface area contributed by atoms with Gasteiger partial charge in [-0.15, -0.1) is 0 Å². The average Bonchev–Trinajstić information content (AvgIpc) is 3.10. The van der Waals surface area contributed by atoms with Crippen LogP contribution in [0.25, 0.3) is 5.57 Å². The van der Waals surface area contributed by atoms with Crippen molar-refractivity contribution in [2.24, 2.45) is 5.73 Å². The highest BCUT2D eigenvalue weighted by Gasteiger charge is 2.47. The van der Waals surface area contributed by atoms with E-state index in [-0.39, 0.29) is 6.10 Å². The minimum Gasteiger partial charge on any atom is -0.497 e. The molecule has 0 aliphatic heterocycles. The van der Waals surface area contributed by atoms with Crippen LogP contribution in [0.3, 0.4) is 0 Å². The van der Waals surface area contributed by atoms with Gasteiger partial charge < -0.3 is 20.3 Å². The van der Waals surface area contributed by atoms with Gasteiger partial charge in [-0.05, 0) is 84.2 Å². The quantitative estimate of drug-likeness (QED) is 0.531. The van der Waals surface area contributed by atoms with Gasteiger partial charge in [0.15, 0.2) is 0 Å². The van der Waals surface area contributed by atoms with Crippen molar-refractivity contribution in [2.75, 3.05) is 14.2 Å². The predicted molar refractivity (Wildman–Crippen MR) is 138 cm³/mol. The first-order valence-electron chi connectivity index (χ1n) is 11.9. The Kier molecular flexibility index (Phi) is 6.58. The Morgan fingerprint density at radius 3 is 2.33 bits per heavy atom. The second kappa shape index (κ2) is 9.13. The van der Waals surface area contributed by atoms with Crippen molar-refractivity contribution in [3.8, 4) is 11.5 Å². The van der Waals surface area contributed by atoms with E-state index in [1.807, 2.05) is 24.3 Å². The summed E-state index contributed by atoms with van der Waals surface area (Å²) in [6.07, 6.45) is 3.59. The Labute approximate surface area is 199 Å². The Balaban J connectivity index is 1.84. The number of aryl methyl sites for hydroxylation is 1. The number of rotatable bonds is 7. The molecule has 0 amide bonds. The first-order chi connectivity index (χ1) is 15.6. The maximum absolute atomic E-state index is 10.7. The molecule has 0 heterocycles. The van der Waals surface area contributed by atoms with Crippen LogP contribution >= 0.6 is 0 Å². The van der Waals surface area contributed by atoms with E-state index in [0.29, 0.717) is 12.8 Å². The van der Waals surface area contributed by atoms with Crippen molar-refractivity contribution in [3.05, 3.63) is 76.0 Å². The molecule has 1 fully saturated rings. The van der Waals surface area contributed by atoms with Crippen LogP contribution in [0, 0.1) is 0 Å². The molecule has 0 bridgehead atoms. The van der Waals surface area contributed by atoms with E-state index < -0.39 is 13.6 Å². The minimum atomic E-state index is -1.69. The molecule has 3 N–H and O–H groups in total. The van der Waals surface area contributed by atoms with Gasteiger partial charge in [0.2, 0.25) is 0 Å². The van der Waals surface area contributed by atoms with Crippen molar-refractivity contribution >= 4 is 13.6 Å². The fraction of sp³-hybridized carbons (Fsp3) is 0.429. The fourth-order valence-electron chi connectivity index (χ4n) is 5.51. The third-order valence-corrected chi connectivity index (χ3v) is 9.42. The van der Waals surface area contributed by atoms with E-state index >= 15 is 0 Å². The van der Waals surface area contributed by atoms with Gasteiger partial charge in [-0.1, -0.05) is 49.1 Å². The molecule has 5 heteroatoms. The summed E-state index contributed by atoms with van der Waals surface area (Å²) in [5.74, 6) is 1.74. The van der Waals surface area contributed by atoms with Crippen LogP contribution in [0.15, 0.2) is 64.9 Å². The van der Waals surface area contributed by atoms with Crippen LogP contribution in [0.2, 0.25) is 19.6 Å². The molecule has 2 aromatic rings. The lowest BCUT2D eigenvalue weighted by Gasteiger charge is -2.40. The molecule has 2 atom stereocenters. The van der Waals surface area contributed by atoms with Gasteiger partial charge in [-0.2, -0.15) is 0 Å². The van der Waals surface area contributed by atoms with Crippen LogP contribution in [0.1, 0.15) is 36.8 Å². The molecule has 2 aliphatic rings. The Bertz CT molecular complexity index is 1080. The molecule has 4 nitrogen and oxygen atoms in total.